The summed E-state index contributed by atoms with van der Waals surface area (Å²) in [6, 6.07) is 1.55. The van der Waals surface area contributed by atoms with Crippen molar-refractivity contribution in [3.05, 3.63) is 17.8 Å². The van der Waals surface area contributed by atoms with Crippen LogP contribution in [0.3, 0.4) is 0 Å². The molecule has 0 saturated carbocycles. The first-order valence-corrected chi connectivity index (χ1v) is 6.34. The Hall–Kier alpha value is -2.51. The summed E-state index contributed by atoms with van der Waals surface area (Å²) in [5.74, 6) is -0.488. The van der Waals surface area contributed by atoms with Crippen LogP contribution in [0.15, 0.2) is 12.3 Å². The second-order valence-electron chi connectivity index (χ2n) is 4.91. The van der Waals surface area contributed by atoms with Crippen LogP contribution in [0.1, 0.15) is 10.4 Å². The SMILES string of the molecule is Nc1cnc(N2CCN3C(=O)NCC3C2)cc1C(=O)O. The third-order valence-corrected chi connectivity index (χ3v) is 3.71. The zero-order chi connectivity index (χ0) is 14.3. The Bertz CT molecular complexity index is 576. The van der Waals surface area contributed by atoms with Gasteiger partial charge in [-0.3, -0.25) is 0 Å². The number of nitrogens with zero attached hydrogens (tertiary/aromatic N) is 3. The Labute approximate surface area is 115 Å². The number of fused-ring (bicyclic) bond motifs is 1. The van der Waals surface area contributed by atoms with E-state index in [0.717, 1.165) is 0 Å². The van der Waals surface area contributed by atoms with Crippen molar-refractivity contribution in [1.29, 1.82) is 0 Å². The molecular weight excluding hydrogens is 262 g/mol. The summed E-state index contributed by atoms with van der Waals surface area (Å²) in [6.07, 6.45) is 1.36. The topological polar surface area (TPSA) is 112 Å². The lowest BCUT2D eigenvalue weighted by Gasteiger charge is -2.37. The largest absolute Gasteiger partial charge is 0.478 e. The number of pyridine rings is 1. The van der Waals surface area contributed by atoms with Crippen LogP contribution in [0.2, 0.25) is 0 Å². The van der Waals surface area contributed by atoms with Crippen molar-refractivity contribution < 1.29 is 14.7 Å². The van der Waals surface area contributed by atoms with E-state index < -0.39 is 5.97 Å². The van der Waals surface area contributed by atoms with Gasteiger partial charge in [0.2, 0.25) is 0 Å². The second kappa shape index (κ2) is 4.55. The Morgan fingerprint density at radius 2 is 2.30 bits per heavy atom. The molecule has 0 aromatic carbocycles. The summed E-state index contributed by atoms with van der Waals surface area (Å²) >= 11 is 0. The molecule has 0 aliphatic carbocycles. The summed E-state index contributed by atoms with van der Waals surface area (Å²) in [5.41, 5.74) is 5.80. The number of carboxylic acid groups (broad SMARTS) is 1. The van der Waals surface area contributed by atoms with Gasteiger partial charge >= 0.3 is 12.0 Å². The molecule has 8 heteroatoms. The molecular formula is C12H15N5O3. The molecule has 2 aliphatic rings. The number of nitrogens with two attached hydrogens (primary N) is 1. The molecule has 0 spiro atoms. The normalized spacial score (nSPS) is 21.6. The first kappa shape index (κ1) is 12.5. The zero-order valence-electron chi connectivity index (χ0n) is 10.7. The van der Waals surface area contributed by atoms with Crippen LogP contribution in [0.4, 0.5) is 16.3 Å². The fraction of sp³-hybridized carbons (Fsp3) is 0.417. The van der Waals surface area contributed by atoms with Gasteiger partial charge in [-0.05, 0) is 6.07 Å². The molecule has 8 nitrogen and oxygen atoms in total. The smallest absolute Gasteiger partial charge is 0.337 e. The van der Waals surface area contributed by atoms with Gasteiger partial charge in [-0.15, -0.1) is 0 Å². The highest BCUT2D eigenvalue weighted by molar-refractivity contribution is 5.94. The average Bonchev–Trinajstić information content (AvgIpc) is 2.80. The van der Waals surface area contributed by atoms with Crippen molar-refractivity contribution in [2.75, 3.05) is 36.8 Å². The number of carboxylic acids is 1. The van der Waals surface area contributed by atoms with Gasteiger partial charge in [-0.2, -0.15) is 0 Å². The summed E-state index contributed by atoms with van der Waals surface area (Å²) < 4.78 is 0. The summed E-state index contributed by atoms with van der Waals surface area (Å²) in [5, 5.41) is 11.9. The van der Waals surface area contributed by atoms with E-state index in [1.807, 2.05) is 4.90 Å². The number of piperazine rings is 1. The van der Waals surface area contributed by atoms with Gasteiger partial charge in [0.15, 0.2) is 0 Å². The standard InChI is InChI=1S/C12H15N5O3/c13-9-5-14-10(3-8(9)11(18)19)16-1-2-17-7(6-16)4-15-12(17)20/h3,5,7H,1-2,4,6,13H2,(H,15,20)(H,18,19). The first-order valence-electron chi connectivity index (χ1n) is 6.34. The summed E-state index contributed by atoms with van der Waals surface area (Å²) in [7, 11) is 0. The molecule has 3 rings (SSSR count). The van der Waals surface area contributed by atoms with Crippen molar-refractivity contribution in [3.8, 4) is 0 Å². The van der Waals surface area contributed by atoms with Crippen molar-refractivity contribution in [2.24, 2.45) is 0 Å². The van der Waals surface area contributed by atoms with Gasteiger partial charge in [0.25, 0.3) is 0 Å². The minimum absolute atomic E-state index is 0.0360. The minimum atomic E-state index is -1.07. The van der Waals surface area contributed by atoms with E-state index >= 15 is 0 Å². The number of carbonyl (C=O) groups excluding carboxylic acids is 1. The van der Waals surface area contributed by atoms with Crippen LogP contribution in [0.5, 0.6) is 0 Å². The third kappa shape index (κ3) is 1.98. The predicted molar refractivity (Wildman–Crippen MR) is 71.7 cm³/mol. The molecule has 1 aromatic rings. The third-order valence-electron chi connectivity index (χ3n) is 3.71. The van der Waals surface area contributed by atoms with Crippen LogP contribution in [0, 0.1) is 0 Å². The molecule has 1 unspecified atom stereocenters. The van der Waals surface area contributed by atoms with Gasteiger partial charge in [0.05, 0.1) is 23.5 Å². The number of amides is 2. The Morgan fingerprint density at radius 1 is 1.50 bits per heavy atom. The molecule has 1 atom stereocenters. The molecule has 0 radical (unpaired) electrons. The van der Waals surface area contributed by atoms with E-state index in [1.54, 1.807) is 4.90 Å². The van der Waals surface area contributed by atoms with E-state index in [9.17, 15) is 9.59 Å². The Kier molecular flexibility index (Phi) is 2.85. The highest BCUT2D eigenvalue weighted by Gasteiger charge is 2.35. The van der Waals surface area contributed by atoms with Gasteiger partial charge < -0.3 is 26.0 Å². The lowest BCUT2D eigenvalue weighted by Crippen LogP contribution is -2.52. The van der Waals surface area contributed by atoms with Crippen molar-refractivity contribution in [2.45, 2.75) is 6.04 Å². The fourth-order valence-electron chi connectivity index (χ4n) is 2.63. The molecule has 106 valence electrons. The highest BCUT2D eigenvalue weighted by atomic mass is 16.4. The predicted octanol–water partition coefficient (Wildman–Crippen LogP) is -0.424. The van der Waals surface area contributed by atoms with Gasteiger partial charge in [-0.1, -0.05) is 0 Å². The Morgan fingerprint density at radius 3 is 3.05 bits per heavy atom. The minimum Gasteiger partial charge on any atom is -0.478 e. The van der Waals surface area contributed by atoms with Crippen LogP contribution < -0.4 is 16.0 Å². The molecule has 2 amide bonds. The zero-order valence-corrected chi connectivity index (χ0v) is 10.7. The quantitative estimate of drug-likeness (QED) is 0.676. The number of hydrogen-bond acceptors (Lipinski definition) is 5. The van der Waals surface area contributed by atoms with Gasteiger partial charge in [-0.25, -0.2) is 14.6 Å². The van der Waals surface area contributed by atoms with Crippen LogP contribution in [0.25, 0.3) is 0 Å². The number of rotatable bonds is 2. The number of anilines is 2. The lowest BCUT2D eigenvalue weighted by atomic mass is 10.1. The lowest BCUT2D eigenvalue weighted by molar-refractivity contribution is 0.0698. The molecule has 2 fully saturated rings. The van der Waals surface area contributed by atoms with E-state index in [0.29, 0.717) is 32.0 Å². The number of aromatic carboxylic acids is 1. The van der Waals surface area contributed by atoms with Gasteiger partial charge in [0, 0.05) is 26.2 Å². The van der Waals surface area contributed by atoms with Crippen LogP contribution in [-0.2, 0) is 0 Å². The maximum Gasteiger partial charge on any atom is 0.337 e. The molecule has 4 N–H and O–H groups in total. The highest BCUT2D eigenvalue weighted by Crippen LogP contribution is 2.22. The molecule has 1 aromatic heterocycles. The number of carbonyl (C=O) groups is 2. The monoisotopic (exact) mass is 277 g/mol. The second-order valence-corrected chi connectivity index (χ2v) is 4.91. The molecule has 20 heavy (non-hydrogen) atoms. The maximum atomic E-state index is 11.5. The van der Waals surface area contributed by atoms with E-state index in [2.05, 4.69) is 10.3 Å². The fourth-order valence-corrected chi connectivity index (χ4v) is 2.63. The summed E-state index contributed by atoms with van der Waals surface area (Å²) in [4.78, 5) is 30.6. The van der Waals surface area contributed by atoms with Crippen molar-refractivity contribution >= 4 is 23.5 Å². The number of nitrogen functional groups attached to an aromatic ring is 1. The maximum absolute atomic E-state index is 11.5. The molecule has 0 bridgehead atoms. The van der Waals surface area contributed by atoms with E-state index in [4.69, 9.17) is 10.8 Å². The number of aromatic nitrogens is 1. The van der Waals surface area contributed by atoms with Crippen molar-refractivity contribution in [1.82, 2.24) is 15.2 Å². The van der Waals surface area contributed by atoms with Crippen molar-refractivity contribution in [3.63, 3.8) is 0 Å². The van der Waals surface area contributed by atoms with E-state index in [1.165, 1.54) is 12.3 Å². The van der Waals surface area contributed by atoms with E-state index in [-0.39, 0.29) is 23.3 Å². The summed E-state index contributed by atoms with van der Waals surface area (Å²) in [6.45, 7) is 2.47. The molecule has 2 saturated heterocycles. The molecule has 2 aliphatic heterocycles. The van der Waals surface area contributed by atoms with Crippen LogP contribution in [-0.4, -0.2) is 59.2 Å². The number of urea groups is 1. The van der Waals surface area contributed by atoms with Crippen LogP contribution >= 0.6 is 0 Å². The first-order chi connectivity index (χ1) is 9.56. The molecule has 3 heterocycles. The average molecular weight is 277 g/mol. The number of nitrogens with one attached hydrogen (secondary N) is 1. The Balaban J connectivity index is 1.82. The number of hydrogen-bond donors (Lipinski definition) is 3. The van der Waals surface area contributed by atoms with Gasteiger partial charge in [0.1, 0.15) is 5.82 Å².